The minimum absolute atomic E-state index is 0.456. The SMILES string of the molecule is O=CCc1ccc2c(c1)OCCN2I. The van der Waals surface area contributed by atoms with E-state index in [1.54, 1.807) is 0 Å². The van der Waals surface area contributed by atoms with Gasteiger partial charge in [0.05, 0.1) is 35.1 Å². The Morgan fingerprint density at radius 2 is 2.43 bits per heavy atom. The Bertz CT molecular complexity index is 354. The molecule has 3 nitrogen and oxygen atoms in total. The van der Waals surface area contributed by atoms with E-state index < -0.39 is 0 Å². The van der Waals surface area contributed by atoms with Crippen molar-refractivity contribution in [3.8, 4) is 5.75 Å². The predicted molar refractivity (Wildman–Crippen MR) is 63.1 cm³/mol. The molecule has 2 rings (SSSR count). The number of fused-ring (bicyclic) bond motifs is 1. The maximum Gasteiger partial charge on any atom is 0.143 e. The van der Waals surface area contributed by atoms with Crippen LogP contribution in [0.1, 0.15) is 5.56 Å². The molecule has 0 saturated carbocycles. The fourth-order valence-corrected chi connectivity index (χ4v) is 2.05. The molecule has 0 aliphatic carbocycles. The summed E-state index contributed by atoms with van der Waals surface area (Å²) in [5, 5.41) is 0. The third-order valence-electron chi connectivity index (χ3n) is 2.15. The number of hydrogen-bond acceptors (Lipinski definition) is 3. The van der Waals surface area contributed by atoms with Crippen molar-refractivity contribution in [3.05, 3.63) is 23.8 Å². The van der Waals surface area contributed by atoms with E-state index in [-0.39, 0.29) is 0 Å². The lowest BCUT2D eigenvalue weighted by molar-refractivity contribution is -0.107. The average Bonchev–Trinajstić information content (AvgIpc) is 2.18. The Labute approximate surface area is 96.5 Å². The molecule has 0 N–H and O–H groups in total. The summed E-state index contributed by atoms with van der Waals surface area (Å²) < 4.78 is 7.64. The van der Waals surface area contributed by atoms with Crippen molar-refractivity contribution in [2.45, 2.75) is 6.42 Å². The molecule has 1 aliphatic rings. The topological polar surface area (TPSA) is 29.5 Å². The second kappa shape index (κ2) is 4.16. The van der Waals surface area contributed by atoms with Crippen LogP contribution in [0.5, 0.6) is 5.75 Å². The molecular formula is C10H10INO2. The first kappa shape index (κ1) is 9.76. The zero-order valence-electron chi connectivity index (χ0n) is 7.57. The van der Waals surface area contributed by atoms with Crippen LogP contribution in [0, 0.1) is 0 Å². The molecular weight excluding hydrogens is 293 g/mol. The number of halogens is 1. The van der Waals surface area contributed by atoms with Gasteiger partial charge in [-0.05, 0) is 17.7 Å². The summed E-state index contributed by atoms with van der Waals surface area (Å²) >= 11 is 2.27. The summed E-state index contributed by atoms with van der Waals surface area (Å²) in [6.45, 7) is 1.61. The number of benzene rings is 1. The number of rotatable bonds is 2. The number of hydrogen-bond donors (Lipinski definition) is 0. The van der Waals surface area contributed by atoms with E-state index in [1.807, 2.05) is 18.2 Å². The molecule has 0 radical (unpaired) electrons. The van der Waals surface area contributed by atoms with Crippen LogP contribution in [0.3, 0.4) is 0 Å². The van der Waals surface area contributed by atoms with Gasteiger partial charge in [0.1, 0.15) is 18.6 Å². The van der Waals surface area contributed by atoms with Gasteiger partial charge in [-0.25, -0.2) is 0 Å². The van der Waals surface area contributed by atoms with E-state index in [2.05, 4.69) is 26.0 Å². The average molecular weight is 303 g/mol. The zero-order chi connectivity index (χ0) is 9.97. The van der Waals surface area contributed by atoms with E-state index in [0.29, 0.717) is 13.0 Å². The Hall–Kier alpha value is -0.780. The highest BCUT2D eigenvalue weighted by molar-refractivity contribution is 14.1. The number of ether oxygens (including phenoxy) is 1. The highest BCUT2D eigenvalue weighted by atomic mass is 127. The van der Waals surface area contributed by atoms with E-state index in [9.17, 15) is 4.79 Å². The van der Waals surface area contributed by atoms with E-state index in [4.69, 9.17) is 4.74 Å². The largest absolute Gasteiger partial charge is 0.490 e. The van der Waals surface area contributed by atoms with Gasteiger partial charge in [-0.15, -0.1) is 0 Å². The number of aldehydes is 1. The molecule has 0 atom stereocenters. The monoisotopic (exact) mass is 303 g/mol. The number of carbonyl (C=O) groups excluding carboxylic acids is 1. The number of nitrogens with zero attached hydrogens (tertiary/aromatic N) is 1. The molecule has 4 heteroatoms. The molecule has 14 heavy (non-hydrogen) atoms. The van der Waals surface area contributed by atoms with Gasteiger partial charge in [-0.2, -0.15) is 0 Å². The molecule has 0 amide bonds. The van der Waals surface area contributed by atoms with Crippen molar-refractivity contribution in [3.63, 3.8) is 0 Å². The summed E-state index contributed by atoms with van der Waals surface area (Å²) in [5.41, 5.74) is 2.09. The first-order chi connectivity index (χ1) is 6.81. The molecule has 0 aromatic heterocycles. The van der Waals surface area contributed by atoms with Gasteiger partial charge in [0.15, 0.2) is 0 Å². The smallest absolute Gasteiger partial charge is 0.143 e. The first-order valence-electron chi connectivity index (χ1n) is 4.44. The highest BCUT2D eigenvalue weighted by Gasteiger charge is 2.15. The molecule has 1 heterocycles. The van der Waals surface area contributed by atoms with Gasteiger partial charge in [0.2, 0.25) is 0 Å². The quantitative estimate of drug-likeness (QED) is 0.475. The van der Waals surface area contributed by atoms with Gasteiger partial charge in [-0.1, -0.05) is 6.07 Å². The second-order valence-corrected chi connectivity index (χ2v) is 4.27. The van der Waals surface area contributed by atoms with Crippen LogP contribution in [0.25, 0.3) is 0 Å². The van der Waals surface area contributed by atoms with Crippen molar-refractivity contribution >= 4 is 34.8 Å². The molecule has 1 aromatic carbocycles. The molecule has 0 unspecified atom stereocenters. The van der Waals surface area contributed by atoms with Crippen LogP contribution >= 0.6 is 22.9 Å². The first-order valence-corrected chi connectivity index (χ1v) is 5.40. The van der Waals surface area contributed by atoms with Crippen LogP contribution in [-0.2, 0) is 11.2 Å². The third kappa shape index (κ3) is 1.84. The summed E-state index contributed by atoms with van der Waals surface area (Å²) in [7, 11) is 0. The van der Waals surface area contributed by atoms with Crippen LogP contribution in [-0.4, -0.2) is 19.4 Å². The normalized spacial score (nSPS) is 14.5. The van der Waals surface area contributed by atoms with Crippen LogP contribution in [0.2, 0.25) is 0 Å². The van der Waals surface area contributed by atoms with Crippen molar-refractivity contribution in [1.82, 2.24) is 0 Å². The lowest BCUT2D eigenvalue weighted by Gasteiger charge is -2.25. The van der Waals surface area contributed by atoms with Gasteiger partial charge in [0.25, 0.3) is 0 Å². The molecule has 0 spiro atoms. The van der Waals surface area contributed by atoms with E-state index >= 15 is 0 Å². The minimum atomic E-state index is 0.456. The van der Waals surface area contributed by atoms with Crippen LogP contribution in [0.15, 0.2) is 18.2 Å². The van der Waals surface area contributed by atoms with Crippen LogP contribution < -0.4 is 7.85 Å². The van der Waals surface area contributed by atoms with Crippen LogP contribution in [0.4, 0.5) is 5.69 Å². The Balaban J connectivity index is 2.33. The fourth-order valence-electron chi connectivity index (χ4n) is 1.45. The maximum atomic E-state index is 10.4. The number of carbonyl (C=O) groups is 1. The highest BCUT2D eigenvalue weighted by Crippen LogP contribution is 2.34. The van der Waals surface area contributed by atoms with Gasteiger partial charge < -0.3 is 12.6 Å². The fraction of sp³-hybridized carbons (Fsp3) is 0.300. The summed E-state index contributed by atoms with van der Waals surface area (Å²) in [5.74, 6) is 0.880. The lowest BCUT2D eigenvalue weighted by atomic mass is 10.1. The Morgan fingerprint density at radius 1 is 1.57 bits per heavy atom. The second-order valence-electron chi connectivity index (χ2n) is 3.11. The summed E-state index contributed by atoms with van der Waals surface area (Å²) in [6.07, 6.45) is 1.37. The third-order valence-corrected chi connectivity index (χ3v) is 3.15. The van der Waals surface area contributed by atoms with Crippen molar-refractivity contribution in [1.29, 1.82) is 0 Å². The number of anilines is 1. The van der Waals surface area contributed by atoms with Gasteiger partial charge in [0, 0.05) is 6.42 Å². The lowest BCUT2D eigenvalue weighted by Crippen LogP contribution is -2.23. The standard InChI is InChI=1S/C10H10INO2/c11-12-4-6-14-10-7-8(3-5-13)1-2-9(10)12/h1-2,5,7H,3-4,6H2. The Kier molecular flexibility index (Phi) is 2.90. The Morgan fingerprint density at radius 3 is 3.21 bits per heavy atom. The van der Waals surface area contributed by atoms with E-state index in [1.165, 1.54) is 0 Å². The molecule has 74 valence electrons. The van der Waals surface area contributed by atoms with Gasteiger partial charge >= 0.3 is 0 Å². The van der Waals surface area contributed by atoms with E-state index in [0.717, 1.165) is 29.8 Å². The molecule has 0 fully saturated rings. The predicted octanol–water partition coefficient (Wildman–Crippen LogP) is 1.98. The van der Waals surface area contributed by atoms with Crippen molar-refractivity contribution in [2.24, 2.45) is 0 Å². The summed E-state index contributed by atoms with van der Waals surface area (Å²) in [6, 6.07) is 5.90. The zero-order valence-corrected chi connectivity index (χ0v) is 9.73. The van der Waals surface area contributed by atoms with Crippen molar-refractivity contribution < 1.29 is 9.53 Å². The van der Waals surface area contributed by atoms with Gasteiger partial charge in [-0.3, -0.25) is 0 Å². The molecule has 0 saturated heterocycles. The van der Waals surface area contributed by atoms with Crippen molar-refractivity contribution in [2.75, 3.05) is 16.3 Å². The molecule has 1 aromatic rings. The minimum Gasteiger partial charge on any atom is -0.490 e. The maximum absolute atomic E-state index is 10.4. The summed E-state index contributed by atoms with van der Waals surface area (Å²) in [4.78, 5) is 10.4. The molecule has 0 bridgehead atoms. The molecule has 1 aliphatic heterocycles.